The second-order valence-electron chi connectivity index (χ2n) is 4.28. The van der Waals surface area contributed by atoms with Crippen LogP contribution in [0.1, 0.15) is 27.2 Å². The molecule has 0 heterocycles. The molecule has 0 aromatic rings. The van der Waals surface area contributed by atoms with Crippen molar-refractivity contribution in [1.29, 1.82) is 0 Å². The molecule has 0 radical (unpaired) electrons. The average molecular weight is 231 g/mol. The molecule has 16 heavy (non-hydrogen) atoms. The highest BCUT2D eigenvalue weighted by molar-refractivity contribution is 5.86. The van der Waals surface area contributed by atoms with Crippen molar-refractivity contribution in [3.63, 3.8) is 0 Å². The molecule has 0 aliphatic carbocycles. The van der Waals surface area contributed by atoms with Crippen LogP contribution in [0, 0.1) is 5.92 Å². The molecular formula is C10H21N3O3. The zero-order valence-corrected chi connectivity index (χ0v) is 9.99. The predicted octanol–water partition coefficient (Wildman–Crippen LogP) is -0.434. The molecule has 0 aromatic heterocycles. The van der Waals surface area contributed by atoms with Crippen LogP contribution >= 0.6 is 0 Å². The van der Waals surface area contributed by atoms with Crippen LogP contribution in [0.3, 0.4) is 0 Å². The minimum Gasteiger partial charge on any atom is -0.392 e. The maximum Gasteiger partial charge on any atom is 0.312 e. The van der Waals surface area contributed by atoms with Crippen LogP contribution < -0.4 is 16.4 Å². The van der Waals surface area contributed by atoms with Crippen LogP contribution in [0.5, 0.6) is 0 Å². The van der Waals surface area contributed by atoms with Gasteiger partial charge in [-0.15, -0.1) is 0 Å². The van der Waals surface area contributed by atoms with Crippen molar-refractivity contribution in [2.75, 3.05) is 6.54 Å². The fourth-order valence-electron chi connectivity index (χ4n) is 1.25. The van der Waals surface area contributed by atoms with Gasteiger partial charge in [0.1, 0.15) is 6.04 Å². The Labute approximate surface area is 95.6 Å². The SMILES string of the molecule is CC(C)CC(NC(N)=O)C(=O)NC[C@H](C)O. The lowest BCUT2D eigenvalue weighted by atomic mass is 10.0. The molecule has 0 rings (SSSR count). The lowest BCUT2D eigenvalue weighted by Gasteiger charge is -2.19. The Morgan fingerprint density at radius 1 is 1.31 bits per heavy atom. The van der Waals surface area contributed by atoms with Gasteiger partial charge in [-0.05, 0) is 19.3 Å². The normalized spacial score (nSPS) is 14.3. The number of carbonyl (C=O) groups excluding carboxylic acids is 2. The van der Waals surface area contributed by atoms with Crippen LogP contribution in [-0.4, -0.2) is 35.7 Å². The summed E-state index contributed by atoms with van der Waals surface area (Å²) < 4.78 is 0. The van der Waals surface area contributed by atoms with E-state index in [0.29, 0.717) is 6.42 Å². The second kappa shape index (κ2) is 7.05. The molecule has 6 heteroatoms. The van der Waals surface area contributed by atoms with E-state index in [-0.39, 0.29) is 18.4 Å². The number of aliphatic hydroxyl groups excluding tert-OH is 1. The van der Waals surface area contributed by atoms with Gasteiger partial charge < -0.3 is 21.5 Å². The maximum atomic E-state index is 11.6. The average Bonchev–Trinajstić information content (AvgIpc) is 2.11. The predicted molar refractivity (Wildman–Crippen MR) is 60.7 cm³/mol. The van der Waals surface area contributed by atoms with Gasteiger partial charge in [-0.25, -0.2) is 4.79 Å². The summed E-state index contributed by atoms with van der Waals surface area (Å²) in [6.07, 6.45) is -0.105. The van der Waals surface area contributed by atoms with E-state index in [9.17, 15) is 9.59 Å². The molecule has 0 bridgehead atoms. The first-order valence-corrected chi connectivity index (χ1v) is 5.34. The standard InChI is InChI=1S/C10H21N3O3/c1-6(2)4-8(13-10(11)16)9(15)12-5-7(3)14/h6-8,14H,4-5H2,1-3H3,(H,12,15)(H3,11,13,16)/t7-,8?/m0/s1. The van der Waals surface area contributed by atoms with Gasteiger partial charge in [0.25, 0.3) is 0 Å². The Morgan fingerprint density at radius 3 is 2.25 bits per heavy atom. The number of hydrogen-bond acceptors (Lipinski definition) is 3. The Bertz CT molecular complexity index is 241. The molecule has 0 fully saturated rings. The van der Waals surface area contributed by atoms with Crippen LogP contribution in [0.4, 0.5) is 4.79 Å². The quantitative estimate of drug-likeness (QED) is 0.498. The highest BCUT2D eigenvalue weighted by atomic mass is 16.3. The van der Waals surface area contributed by atoms with Crippen molar-refractivity contribution in [3.05, 3.63) is 0 Å². The van der Waals surface area contributed by atoms with Gasteiger partial charge >= 0.3 is 6.03 Å². The molecule has 5 N–H and O–H groups in total. The Hall–Kier alpha value is -1.30. The Morgan fingerprint density at radius 2 is 1.88 bits per heavy atom. The number of rotatable bonds is 6. The van der Waals surface area contributed by atoms with Crippen LogP contribution in [0.25, 0.3) is 0 Å². The van der Waals surface area contributed by atoms with Crippen LogP contribution in [0.2, 0.25) is 0 Å². The van der Waals surface area contributed by atoms with Crippen molar-refractivity contribution in [3.8, 4) is 0 Å². The number of aliphatic hydroxyl groups is 1. The van der Waals surface area contributed by atoms with Crippen LogP contribution in [-0.2, 0) is 4.79 Å². The minimum atomic E-state index is -0.724. The topological polar surface area (TPSA) is 104 Å². The van der Waals surface area contributed by atoms with E-state index in [1.54, 1.807) is 6.92 Å². The van der Waals surface area contributed by atoms with Crippen molar-refractivity contribution in [2.24, 2.45) is 11.7 Å². The second-order valence-corrected chi connectivity index (χ2v) is 4.28. The fourth-order valence-corrected chi connectivity index (χ4v) is 1.25. The summed E-state index contributed by atoms with van der Waals surface area (Å²) in [4.78, 5) is 22.3. The molecule has 0 spiro atoms. The largest absolute Gasteiger partial charge is 0.392 e. The molecule has 1 unspecified atom stereocenters. The number of nitrogens with two attached hydrogens (primary N) is 1. The number of amides is 3. The van der Waals surface area contributed by atoms with E-state index < -0.39 is 18.2 Å². The highest BCUT2D eigenvalue weighted by Gasteiger charge is 2.20. The van der Waals surface area contributed by atoms with Gasteiger partial charge in [-0.3, -0.25) is 4.79 Å². The molecule has 94 valence electrons. The van der Waals surface area contributed by atoms with Gasteiger partial charge in [0, 0.05) is 6.54 Å². The number of nitrogens with one attached hydrogen (secondary N) is 2. The van der Waals surface area contributed by atoms with E-state index in [1.807, 2.05) is 13.8 Å². The van der Waals surface area contributed by atoms with E-state index in [2.05, 4.69) is 10.6 Å². The highest BCUT2D eigenvalue weighted by Crippen LogP contribution is 2.04. The zero-order valence-electron chi connectivity index (χ0n) is 9.99. The van der Waals surface area contributed by atoms with Gasteiger partial charge in [0.15, 0.2) is 0 Å². The first-order valence-electron chi connectivity index (χ1n) is 5.34. The van der Waals surface area contributed by atoms with Crippen molar-refractivity contribution >= 4 is 11.9 Å². The zero-order chi connectivity index (χ0) is 12.7. The third kappa shape index (κ3) is 7.05. The monoisotopic (exact) mass is 231 g/mol. The van der Waals surface area contributed by atoms with Crippen molar-refractivity contribution in [2.45, 2.75) is 39.3 Å². The summed E-state index contributed by atoms with van der Waals surface area (Å²) in [6.45, 7) is 5.61. The number of carbonyl (C=O) groups is 2. The third-order valence-electron chi connectivity index (χ3n) is 1.91. The van der Waals surface area contributed by atoms with Gasteiger partial charge in [0.05, 0.1) is 6.10 Å². The van der Waals surface area contributed by atoms with Crippen molar-refractivity contribution < 1.29 is 14.7 Å². The lowest BCUT2D eigenvalue weighted by Crippen LogP contribution is -2.50. The Balaban J connectivity index is 4.26. The Kier molecular flexibility index (Phi) is 6.48. The molecule has 6 nitrogen and oxygen atoms in total. The summed E-state index contributed by atoms with van der Waals surface area (Å²) in [6, 6.07) is -1.37. The van der Waals surface area contributed by atoms with Gasteiger partial charge in [-0.1, -0.05) is 13.8 Å². The third-order valence-corrected chi connectivity index (χ3v) is 1.91. The molecule has 3 amide bonds. The molecular weight excluding hydrogens is 210 g/mol. The smallest absolute Gasteiger partial charge is 0.312 e. The summed E-state index contributed by atoms with van der Waals surface area (Å²) in [5.41, 5.74) is 4.98. The summed E-state index contributed by atoms with van der Waals surface area (Å²) >= 11 is 0. The summed E-state index contributed by atoms with van der Waals surface area (Å²) in [7, 11) is 0. The number of hydrogen-bond donors (Lipinski definition) is 4. The van der Waals surface area contributed by atoms with E-state index in [4.69, 9.17) is 10.8 Å². The fraction of sp³-hybridized carbons (Fsp3) is 0.800. The van der Waals surface area contributed by atoms with Crippen molar-refractivity contribution in [1.82, 2.24) is 10.6 Å². The maximum absolute atomic E-state index is 11.6. The lowest BCUT2D eigenvalue weighted by molar-refractivity contribution is -0.123. The summed E-state index contributed by atoms with van der Waals surface area (Å²) in [5, 5.41) is 13.9. The van der Waals surface area contributed by atoms with E-state index in [0.717, 1.165) is 0 Å². The molecule has 0 aliphatic heterocycles. The molecule has 0 aromatic carbocycles. The number of primary amides is 1. The van der Waals surface area contributed by atoms with Gasteiger partial charge in [-0.2, -0.15) is 0 Å². The molecule has 0 saturated heterocycles. The van der Waals surface area contributed by atoms with E-state index >= 15 is 0 Å². The van der Waals surface area contributed by atoms with Gasteiger partial charge in [0.2, 0.25) is 5.91 Å². The first-order chi connectivity index (χ1) is 7.32. The summed E-state index contributed by atoms with van der Waals surface area (Å²) in [5.74, 6) is -0.0671. The minimum absolute atomic E-state index is 0.161. The first kappa shape index (κ1) is 14.7. The molecule has 0 aliphatic rings. The number of urea groups is 1. The van der Waals surface area contributed by atoms with E-state index in [1.165, 1.54) is 0 Å². The molecule has 0 saturated carbocycles. The van der Waals surface area contributed by atoms with Crippen LogP contribution in [0.15, 0.2) is 0 Å². The molecule has 2 atom stereocenters.